The minimum atomic E-state index is -0.875. The van der Waals surface area contributed by atoms with Gasteiger partial charge in [0.25, 0.3) is 0 Å². The smallest absolute Gasteiger partial charge is 0.0983 e. The molecule has 0 radical (unpaired) electrons. The van der Waals surface area contributed by atoms with Crippen LogP contribution in [-0.2, 0) is 0 Å². The Morgan fingerprint density at radius 2 is 1.36 bits per heavy atom. The lowest BCUT2D eigenvalue weighted by Gasteiger charge is -2.58. The summed E-state index contributed by atoms with van der Waals surface area (Å²) in [5.41, 5.74) is -1.76. The molecule has 0 heterocycles. The van der Waals surface area contributed by atoms with Crippen molar-refractivity contribution < 1.29 is 10.2 Å². The van der Waals surface area contributed by atoms with Gasteiger partial charge in [0.15, 0.2) is 0 Å². The lowest BCUT2D eigenvalue weighted by molar-refractivity contribution is -0.243. The van der Waals surface area contributed by atoms with E-state index in [2.05, 4.69) is 6.92 Å². The fourth-order valence-corrected chi connectivity index (χ4v) is 3.69. The van der Waals surface area contributed by atoms with Crippen LogP contribution in [0.25, 0.3) is 0 Å². The second-order valence-corrected chi connectivity index (χ2v) is 5.76. The standard InChI is InChI=1S/C12H22O2/c1-10-6-3-4-9-12(10,14)11(2,13)8-5-7-10/h13-14H,3-9H2,1-2H3/t10-,11-,12-/m1/s1. The largest absolute Gasteiger partial charge is 0.387 e. The third kappa shape index (κ3) is 1.17. The molecule has 0 bridgehead atoms. The molecule has 2 saturated carbocycles. The van der Waals surface area contributed by atoms with E-state index in [0.29, 0.717) is 0 Å². The topological polar surface area (TPSA) is 40.5 Å². The fraction of sp³-hybridized carbons (Fsp3) is 1.00. The Balaban J connectivity index is 2.36. The van der Waals surface area contributed by atoms with Crippen molar-refractivity contribution in [3.63, 3.8) is 0 Å². The highest BCUT2D eigenvalue weighted by atomic mass is 16.4. The molecule has 2 N–H and O–H groups in total. The van der Waals surface area contributed by atoms with E-state index in [4.69, 9.17) is 0 Å². The van der Waals surface area contributed by atoms with Gasteiger partial charge in [0.05, 0.1) is 11.2 Å². The third-order valence-corrected chi connectivity index (χ3v) is 4.80. The molecule has 0 aromatic heterocycles. The minimum Gasteiger partial charge on any atom is -0.387 e. The minimum absolute atomic E-state index is 0.0486. The van der Waals surface area contributed by atoms with E-state index in [9.17, 15) is 10.2 Å². The number of aliphatic hydroxyl groups is 2. The van der Waals surface area contributed by atoms with Crippen LogP contribution in [0.15, 0.2) is 0 Å². The summed E-state index contributed by atoms with van der Waals surface area (Å²) in [6.45, 7) is 3.97. The van der Waals surface area contributed by atoms with E-state index in [1.54, 1.807) is 0 Å². The molecular formula is C12H22O2. The number of hydrogen-bond donors (Lipinski definition) is 2. The molecule has 0 saturated heterocycles. The average molecular weight is 198 g/mol. The molecule has 0 aliphatic heterocycles. The lowest BCUT2D eigenvalue weighted by Crippen LogP contribution is -2.65. The zero-order valence-corrected chi connectivity index (χ0v) is 9.34. The van der Waals surface area contributed by atoms with Gasteiger partial charge in [-0.2, -0.15) is 0 Å². The van der Waals surface area contributed by atoms with Crippen LogP contribution in [0, 0.1) is 5.41 Å². The maximum Gasteiger partial charge on any atom is 0.0983 e. The van der Waals surface area contributed by atoms with E-state index in [1.165, 1.54) is 6.42 Å². The van der Waals surface area contributed by atoms with Gasteiger partial charge in [-0.1, -0.05) is 19.8 Å². The second kappa shape index (κ2) is 2.96. The second-order valence-electron chi connectivity index (χ2n) is 5.76. The van der Waals surface area contributed by atoms with Crippen LogP contribution in [0.2, 0.25) is 0 Å². The summed E-state index contributed by atoms with van der Waals surface area (Å²) in [4.78, 5) is 0. The molecule has 0 unspecified atom stereocenters. The molecule has 2 aliphatic carbocycles. The molecule has 2 nitrogen and oxygen atoms in total. The zero-order valence-electron chi connectivity index (χ0n) is 9.34. The van der Waals surface area contributed by atoms with E-state index < -0.39 is 11.2 Å². The summed E-state index contributed by atoms with van der Waals surface area (Å²) < 4.78 is 0. The molecule has 2 aliphatic rings. The van der Waals surface area contributed by atoms with Crippen molar-refractivity contribution in [2.75, 3.05) is 0 Å². The van der Waals surface area contributed by atoms with E-state index in [0.717, 1.165) is 38.5 Å². The van der Waals surface area contributed by atoms with Crippen LogP contribution in [0.3, 0.4) is 0 Å². The van der Waals surface area contributed by atoms with Crippen molar-refractivity contribution in [3.05, 3.63) is 0 Å². The van der Waals surface area contributed by atoms with Crippen molar-refractivity contribution >= 4 is 0 Å². The average Bonchev–Trinajstić information content (AvgIpc) is 2.08. The predicted molar refractivity (Wildman–Crippen MR) is 56.0 cm³/mol. The SMILES string of the molecule is C[C@]12CCCC[C@]1(O)[C@](C)(O)CCC2. The Morgan fingerprint density at radius 1 is 0.786 bits per heavy atom. The molecule has 2 fully saturated rings. The summed E-state index contributed by atoms with van der Waals surface area (Å²) in [5.74, 6) is 0. The van der Waals surface area contributed by atoms with Gasteiger partial charge in [-0.05, 0) is 44.4 Å². The fourth-order valence-electron chi connectivity index (χ4n) is 3.69. The quantitative estimate of drug-likeness (QED) is 0.626. The molecule has 3 atom stereocenters. The van der Waals surface area contributed by atoms with Gasteiger partial charge in [-0.15, -0.1) is 0 Å². The van der Waals surface area contributed by atoms with E-state index >= 15 is 0 Å². The van der Waals surface area contributed by atoms with Gasteiger partial charge < -0.3 is 10.2 Å². The van der Waals surface area contributed by atoms with Gasteiger partial charge in [-0.3, -0.25) is 0 Å². The summed E-state index contributed by atoms with van der Waals surface area (Å²) in [6, 6.07) is 0. The Bertz CT molecular complexity index is 232. The predicted octanol–water partition coefficient (Wildman–Crippen LogP) is 2.23. The highest BCUT2D eigenvalue weighted by molar-refractivity contribution is 5.11. The maximum absolute atomic E-state index is 10.7. The number of rotatable bonds is 0. The van der Waals surface area contributed by atoms with Crippen molar-refractivity contribution in [2.24, 2.45) is 5.41 Å². The van der Waals surface area contributed by atoms with Gasteiger partial charge in [-0.25, -0.2) is 0 Å². The van der Waals surface area contributed by atoms with Gasteiger partial charge in [0.1, 0.15) is 0 Å². The first kappa shape index (κ1) is 10.4. The molecule has 14 heavy (non-hydrogen) atoms. The Morgan fingerprint density at radius 3 is 2.00 bits per heavy atom. The molecule has 82 valence electrons. The van der Waals surface area contributed by atoms with Crippen molar-refractivity contribution in [2.45, 2.75) is 70.0 Å². The number of hydrogen-bond acceptors (Lipinski definition) is 2. The molecule has 0 aromatic carbocycles. The van der Waals surface area contributed by atoms with Crippen LogP contribution < -0.4 is 0 Å². The van der Waals surface area contributed by atoms with Crippen LogP contribution in [0.1, 0.15) is 58.8 Å². The first-order chi connectivity index (χ1) is 6.41. The van der Waals surface area contributed by atoms with Gasteiger partial charge >= 0.3 is 0 Å². The van der Waals surface area contributed by atoms with Crippen LogP contribution >= 0.6 is 0 Å². The summed E-state index contributed by atoms with van der Waals surface area (Å²) in [6.07, 6.45) is 6.97. The highest BCUT2D eigenvalue weighted by Crippen LogP contribution is 2.56. The van der Waals surface area contributed by atoms with Crippen molar-refractivity contribution in [3.8, 4) is 0 Å². The van der Waals surface area contributed by atoms with E-state index in [1.807, 2.05) is 6.92 Å². The van der Waals surface area contributed by atoms with Gasteiger partial charge in [0.2, 0.25) is 0 Å². The molecule has 2 heteroatoms. The Kier molecular flexibility index (Phi) is 2.20. The Labute approximate surface area is 86.3 Å². The van der Waals surface area contributed by atoms with E-state index in [-0.39, 0.29) is 5.41 Å². The molecule has 2 rings (SSSR count). The maximum atomic E-state index is 10.7. The monoisotopic (exact) mass is 198 g/mol. The molecule has 0 spiro atoms. The van der Waals surface area contributed by atoms with Crippen LogP contribution in [-0.4, -0.2) is 21.4 Å². The highest BCUT2D eigenvalue weighted by Gasteiger charge is 2.60. The normalized spacial score (nSPS) is 54.0. The lowest BCUT2D eigenvalue weighted by atomic mass is 9.52. The van der Waals surface area contributed by atoms with Crippen molar-refractivity contribution in [1.29, 1.82) is 0 Å². The first-order valence-corrected chi connectivity index (χ1v) is 5.86. The molecule has 0 aromatic rings. The van der Waals surface area contributed by atoms with Crippen molar-refractivity contribution in [1.82, 2.24) is 0 Å². The summed E-state index contributed by atoms with van der Waals surface area (Å²) in [5, 5.41) is 21.1. The van der Waals surface area contributed by atoms with Crippen LogP contribution in [0.4, 0.5) is 0 Å². The Hall–Kier alpha value is -0.0800. The number of fused-ring (bicyclic) bond motifs is 1. The van der Waals surface area contributed by atoms with Gasteiger partial charge in [0, 0.05) is 0 Å². The first-order valence-electron chi connectivity index (χ1n) is 5.86. The third-order valence-electron chi connectivity index (χ3n) is 4.80. The summed E-state index contributed by atoms with van der Waals surface area (Å²) >= 11 is 0. The van der Waals surface area contributed by atoms with Crippen LogP contribution in [0.5, 0.6) is 0 Å². The summed E-state index contributed by atoms with van der Waals surface area (Å²) in [7, 11) is 0. The molecule has 0 amide bonds. The molecular weight excluding hydrogens is 176 g/mol. The zero-order chi connectivity index (χ0) is 10.4.